The van der Waals surface area contributed by atoms with Crippen LogP contribution in [0.25, 0.3) is 0 Å². The highest BCUT2D eigenvalue weighted by atomic mass is 16.5. The van der Waals surface area contributed by atoms with Crippen LogP contribution < -0.4 is 10.1 Å². The van der Waals surface area contributed by atoms with Gasteiger partial charge in [-0.05, 0) is 43.2 Å². The Morgan fingerprint density at radius 2 is 1.83 bits per heavy atom. The van der Waals surface area contributed by atoms with Crippen LogP contribution in [-0.2, 0) is 16.1 Å². The van der Waals surface area contributed by atoms with Gasteiger partial charge in [0.1, 0.15) is 17.6 Å². The Kier molecular flexibility index (Phi) is 5.08. The quantitative estimate of drug-likeness (QED) is 0.731. The first-order valence-electron chi connectivity index (χ1n) is 9.45. The molecule has 148 valence electrons. The number of furan rings is 1. The Morgan fingerprint density at radius 1 is 1.07 bits per heavy atom. The summed E-state index contributed by atoms with van der Waals surface area (Å²) >= 11 is 0. The molecule has 29 heavy (non-hydrogen) atoms. The molecule has 0 saturated carbocycles. The van der Waals surface area contributed by atoms with E-state index in [9.17, 15) is 9.59 Å². The molecule has 0 fully saturated rings. The Balaban J connectivity index is 1.75. The van der Waals surface area contributed by atoms with E-state index in [1.54, 1.807) is 24.5 Å². The summed E-state index contributed by atoms with van der Waals surface area (Å²) in [5.74, 6) is 0.562. The van der Waals surface area contributed by atoms with Gasteiger partial charge in [-0.3, -0.25) is 9.59 Å². The number of rotatable bonds is 4. The van der Waals surface area contributed by atoms with Crippen LogP contribution in [0.4, 0.5) is 5.69 Å². The normalized spacial score (nSPS) is 16.0. The van der Waals surface area contributed by atoms with Gasteiger partial charge >= 0.3 is 0 Å². The van der Waals surface area contributed by atoms with Gasteiger partial charge in [-0.15, -0.1) is 0 Å². The van der Waals surface area contributed by atoms with E-state index < -0.39 is 6.04 Å². The van der Waals surface area contributed by atoms with E-state index in [-0.39, 0.29) is 25.0 Å². The van der Waals surface area contributed by atoms with E-state index in [4.69, 9.17) is 9.15 Å². The van der Waals surface area contributed by atoms with E-state index in [1.165, 1.54) is 4.90 Å². The Labute approximate surface area is 169 Å². The lowest BCUT2D eigenvalue weighted by molar-refractivity contribution is -0.140. The molecule has 1 aliphatic heterocycles. The minimum Gasteiger partial charge on any atom is -0.483 e. The number of aryl methyl sites for hydroxylation is 2. The van der Waals surface area contributed by atoms with Crippen molar-refractivity contribution in [2.75, 3.05) is 11.9 Å². The highest BCUT2D eigenvalue weighted by Gasteiger charge is 2.37. The van der Waals surface area contributed by atoms with Gasteiger partial charge in [-0.2, -0.15) is 0 Å². The number of nitrogens with zero attached hydrogens (tertiary/aromatic N) is 1. The zero-order chi connectivity index (χ0) is 20.4. The molecule has 1 N–H and O–H groups in total. The van der Waals surface area contributed by atoms with Gasteiger partial charge < -0.3 is 19.4 Å². The lowest BCUT2D eigenvalue weighted by atomic mass is 10.0. The van der Waals surface area contributed by atoms with Crippen molar-refractivity contribution in [3.05, 3.63) is 83.3 Å². The average Bonchev–Trinajstić information content (AvgIpc) is 3.18. The standard InChI is InChI=1S/C23H22N2O4/c1-15-7-5-8-16(2)21(15)24-23(27)22-18-10-3-4-11-19(18)29-14-20(26)25(22)13-17-9-6-12-28-17/h3-12,22H,13-14H2,1-2H3,(H,24,27). The fourth-order valence-corrected chi connectivity index (χ4v) is 3.61. The predicted octanol–water partition coefficient (Wildman–Crippen LogP) is 4.00. The predicted molar refractivity (Wildman–Crippen MR) is 108 cm³/mol. The van der Waals surface area contributed by atoms with Crippen LogP contribution in [-0.4, -0.2) is 23.3 Å². The highest BCUT2D eigenvalue weighted by molar-refractivity contribution is 5.99. The summed E-state index contributed by atoms with van der Waals surface area (Å²) in [6.07, 6.45) is 1.55. The maximum atomic E-state index is 13.5. The van der Waals surface area contributed by atoms with Crippen molar-refractivity contribution < 1.29 is 18.7 Å². The van der Waals surface area contributed by atoms with E-state index >= 15 is 0 Å². The summed E-state index contributed by atoms with van der Waals surface area (Å²) in [4.78, 5) is 27.9. The number of ether oxygens (including phenoxy) is 1. The Morgan fingerprint density at radius 3 is 2.55 bits per heavy atom. The van der Waals surface area contributed by atoms with Gasteiger partial charge in [0.25, 0.3) is 11.8 Å². The van der Waals surface area contributed by atoms with E-state index in [2.05, 4.69) is 5.32 Å². The number of benzene rings is 2. The molecule has 2 aromatic carbocycles. The second-order valence-electron chi connectivity index (χ2n) is 7.09. The Bertz CT molecular complexity index is 1020. The summed E-state index contributed by atoms with van der Waals surface area (Å²) < 4.78 is 11.1. The second kappa shape index (κ2) is 7.83. The van der Waals surface area contributed by atoms with Gasteiger partial charge in [0.15, 0.2) is 6.61 Å². The van der Waals surface area contributed by atoms with Crippen LogP contribution in [0.15, 0.2) is 65.3 Å². The van der Waals surface area contributed by atoms with Crippen molar-refractivity contribution in [3.63, 3.8) is 0 Å². The third-order valence-corrected chi connectivity index (χ3v) is 5.08. The molecule has 0 aliphatic carbocycles. The smallest absolute Gasteiger partial charge is 0.261 e. The summed E-state index contributed by atoms with van der Waals surface area (Å²) in [6.45, 7) is 3.93. The third kappa shape index (κ3) is 3.74. The molecule has 1 aromatic heterocycles. The second-order valence-corrected chi connectivity index (χ2v) is 7.09. The number of para-hydroxylation sites is 2. The van der Waals surface area contributed by atoms with E-state index in [0.717, 1.165) is 16.8 Å². The molecule has 1 atom stereocenters. The third-order valence-electron chi connectivity index (χ3n) is 5.08. The minimum absolute atomic E-state index is 0.134. The minimum atomic E-state index is -0.842. The number of carbonyl (C=O) groups excluding carboxylic acids is 2. The number of amides is 2. The lowest BCUT2D eigenvalue weighted by Crippen LogP contribution is -2.41. The van der Waals surface area contributed by atoms with Gasteiger partial charge in [0.05, 0.1) is 12.8 Å². The fraction of sp³-hybridized carbons (Fsp3) is 0.217. The molecule has 6 nitrogen and oxygen atoms in total. The van der Waals surface area contributed by atoms with E-state index in [1.807, 2.05) is 50.2 Å². The van der Waals surface area contributed by atoms with Crippen LogP contribution >= 0.6 is 0 Å². The average molecular weight is 390 g/mol. The summed E-state index contributed by atoms with van der Waals surface area (Å²) in [6, 6.07) is 15.8. The van der Waals surface area contributed by atoms with Crippen molar-refractivity contribution in [1.82, 2.24) is 4.90 Å². The zero-order valence-electron chi connectivity index (χ0n) is 16.3. The SMILES string of the molecule is Cc1cccc(C)c1NC(=O)C1c2ccccc2OCC(=O)N1Cc1ccco1. The first-order chi connectivity index (χ1) is 14.0. The van der Waals surface area contributed by atoms with Crippen LogP contribution in [0, 0.1) is 13.8 Å². The fourth-order valence-electron chi connectivity index (χ4n) is 3.61. The number of nitrogens with one attached hydrogen (secondary N) is 1. The molecular formula is C23H22N2O4. The Hall–Kier alpha value is -3.54. The number of hydrogen-bond donors (Lipinski definition) is 1. The van der Waals surface area contributed by atoms with Gasteiger partial charge in [-0.1, -0.05) is 36.4 Å². The van der Waals surface area contributed by atoms with Crippen LogP contribution in [0.3, 0.4) is 0 Å². The lowest BCUT2D eigenvalue weighted by Gasteiger charge is -2.29. The van der Waals surface area contributed by atoms with Crippen LogP contribution in [0.5, 0.6) is 5.75 Å². The van der Waals surface area contributed by atoms with E-state index in [0.29, 0.717) is 17.1 Å². The monoisotopic (exact) mass is 390 g/mol. The molecule has 0 spiro atoms. The molecular weight excluding hydrogens is 368 g/mol. The first-order valence-corrected chi connectivity index (χ1v) is 9.45. The van der Waals surface area contributed by atoms with Crippen molar-refractivity contribution in [3.8, 4) is 5.75 Å². The number of carbonyl (C=O) groups is 2. The maximum Gasteiger partial charge on any atom is 0.261 e. The van der Waals surface area contributed by atoms with Crippen molar-refractivity contribution in [1.29, 1.82) is 0 Å². The highest BCUT2D eigenvalue weighted by Crippen LogP contribution is 2.35. The summed E-state index contributed by atoms with van der Waals surface area (Å²) in [5, 5.41) is 3.03. The number of anilines is 1. The molecule has 0 radical (unpaired) electrons. The molecule has 1 unspecified atom stereocenters. The topological polar surface area (TPSA) is 71.8 Å². The molecule has 6 heteroatoms. The number of fused-ring (bicyclic) bond motifs is 1. The maximum absolute atomic E-state index is 13.5. The van der Waals surface area contributed by atoms with Crippen molar-refractivity contribution >= 4 is 17.5 Å². The zero-order valence-corrected chi connectivity index (χ0v) is 16.3. The van der Waals surface area contributed by atoms with Crippen molar-refractivity contribution in [2.45, 2.75) is 26.4 Å². The largest absolute Gasteiger partial charge is 0.483 e. The van der Waals surface area contributed by atoms with Crippen molar-refractivity contribution in [2.24, 2.45) is 0 Å². The molecule has 3 aromatic rings. The molecule has 4 rings (SSSR count). The molecule has 2 amide bonds. The van der Waals surface area contributed by atoms with Crippen LogP contribution in [0.1, 0.15) is 28.5 Å². The summed E-state index contributed by atoms with van der Waals surface area (Å²) in [5.41, 5.74) is 3.32. The molecule has 0 bridgehead atoms. The van der Waals surface area contributed by atoms with Crippen LogP contribution in [0.2, 0.25) is 0 Å². The van der Waals surface area contributed by atoms with Gasteiger partial charge in [-0.25, -0.2) is 0 Å². The van der Waals surface area contributed by atoms with Gasteiger partial charge in [0, 0.05) is 11.3 Å². The molecule has 1 aliphatic rings. The summed E-state index contributed by atoms with van der Waals surface area (Å²) in [7, 11) is 0. The van der Waals surface area contributed by atoms with Gasteiger partial charge in [0.2, 0.25) is 0 Å². The first kappa shape index (κ1) is 18.8. The number of hydrogen-bond acceptors (Lipinski definition) is 4. The molecule has 0 saturated heterocycles. The molecule has 2 heterocycles.